The lowest BCUT2D eigenvalue weighted by Crippen LogP contribution is -2.29. The second kappa shape index (κ2) is 25.1. The fraction of sp³-hybridized carbons (Fsp3) is 0.429. The van der Waals surface area contributed by atoms with Crippen molar-refractivity contribution in [2.45, 2.75) is 39.8 Å². The molecule has 0 heterocycles. The molecule has 0 aliphatic heterocycles. The average Bonchev–Trinajstić information content (AvgIpc) is 3.08. The van der Waals surface area contributed by atoms with E-state index in [-0.39, 0.29) is 35.0 Å². The summed E-state index contributed by atoms with van der Waals surface area (Å²) in [6.45, 7) is 9.83. The maximum Gasteiger partial charge on any atom is 0.519 e. The van der Waals surface area contributed by atoms with Crippen LogP contribution in [0.3, 0.4) is 0 Å². The standard InChI is InChI=1S/C17H18N2O5.C14H22N2O2.C3H9N.CH2Cl2/c1-12(18(2)3)13-5-4-6-16(11-13)24-17(20)23-15-9-7-14(8-10-15)19(21)22;1-6-16(5)14(17)18-13-9-7-8-12(10-13)11(2)15(3)4;1-3-4-2;2-1-3/h4-12H,1-3H3;7-11H,6H2,1-5H3;4H,3H2,1-2H3;1H2/t12-;11-;;/m00../s1. The van der Waals surface area contributed by atoms with Crippen molar-refractivity contribution >= 4 is 41.1 Å². The van der Waals surface area contributed by atoms with Crippen molar-refractivity contribution in [1.29, 1.82) is 0 Å². The van der Waals surface area contributed by atoms with Gasteiger partial charge in [-0.3, -0.25) is 10.1 Å². The van der Waals surface area contributed by atoms with Crippen LogP contribution in [0.4, 0.5) is 15.3 Å². The number of benzene rings is 3. The van der Waals surface area contributed by atoms with Gasteiger partial charge in [-0.15, -0.1) is 23.2 Å². The molecule has 3 rings (SSSR count). The number of nitrogens with one attached hydrogen (secondary N) is 1. The van der Waals surface area contributed by atoms with Gasteiger partial charge in [-0.1, -0.05) is 31.2 Å². The molecule has 0 aromatic heterocycles. The average molecular weight is 725 g/mol. The minimum absolute atomic E-state index is 0.0823. The van der Waals surface area contributed by atoms with Gasteiger partial charge in [0.25, 0.3) is 5.69 Å². The third-order valence-electron chi connectivity index (χ3n) is 7.02. The Hall–Kier alpha value is -3.94. The first-order valence-corrected chi connectivity index (χ1v) is 16.6. The summed E-state index contributed by atoms with van der Waals surface area (Å²) in [7, 11) is 11.6. The topological polar surface area (TPSA) is 127 Å². The lowest BCUT2D eigenvalue weighted by atomic mass is 10.1. The van der Waals surface area contributed by atoms with E-state index in [2.05, 4.69) is 24.1 Å². The Bertz CT molecular complexity index is 1390. The molecule has 0 saturated heterocycles. The summed E-state index contributed by atoms with van der Waals surface area (Å²) in [6.07, 6.45) is -1.23. The molecule has 3 aromatic rings. The van der Waals surface area contributed by atoms with Crippen LogP contribution in [0.1, 0.15) is 50.9 Å². The molecule has 0 unspecified atom stereocenters. The largest absolute Gasteiger partial charge is 0.519 e. The molecule has 14 heteroatoms. The van der Waals surface area contributed by atoms with Crippen LogP contribution in [0.5, 0.6) is 17.2 Å². The smallest absolute Gasteiger partial charge is 0.410 e. The maximum atomic E-state index is 11.8. The summed E-state index contributed by atoms with van der Waals surface area (Å²) >= 11 is 9.53. The van der Waals surface area contributed by atoms with Crippen molar-refractivity contribution < 1.29 is 28.7 Å². The first-order chi connectivity index (χ1) is 23.1. The number of carbonyl (C=O) groups is 2. The predicted octanol–water partition coefficient (Wildman–Crippen LogP) is 8.20. The van der Waals surface area contributed by atoms with Crippen molar-refractivity contribution in [3.05, 3.63) is 94.0 Å². The van der Waals surface area contributed by atoms with Crippen LogP contribution in [-0.4, -0.2) is 92.6 Å². The van der Waals surface area contributed by atoms with E-state index in [1.807, 2.05) is 78.3 Å². The number of hydrogen-bond acceptors (Lipinski definition) is 10. The van der Waals surface area contributed by atoms with Gasteiger partial charge in [0, 0.05) is 37.8 Å². The van der Waals surface area contributed by atoms with Crippen molar-refractivity contribution in [1.82, 2.24) is 20.0 Å². The molecule has 272 valence electrons. The van der Waals surface area contributed by atoms with Crippen LogP contribution in [0, 0.1) is 10.1 Å². The minimum Gasteiger partial charge on any atom is -0.410 e. The Morgan fingerprint density at radius 2 is 1.18 bits per heavy atom. The molecule has 0 saturated carbocycles. The molecular weight excluding hydrogens is 673 g/mol. The number of halogens is 2. The van der Waals surface area contributed by atoms with Crippen molar-refractivity contribution in [3.8, 4) is 17.2 Å². The Balaban J connectivity index is 0.000000812. The molecule has 0 aliphatic carbocycles. The zero-order valence-corrected chi connectivity index (χ0v) is 31.6. The SMILES string of the molecule is CCN(C)C(=O)Oc1cccc([C@H](C)N(C)C)c1.CCNC.C[C@@H](c1cccc(OC(=O)Oc2ccc([N+](=O)[O-])cc2)c1)N(C)C.ClCCl. The quantitative estimate of drug-likeness (QED) is 0.0719. The van der Waals surface area contributed by atoms with E-state index in [1.54, 1.807) is 31.3 Å². The molecule has 0 radical (unpaired) electrons. The van der Waals surface area contributed by atoms with Crippen molar-refractivity contribution in [3.63, 3.8) is 0 Å². The van der Waals surface area contributed by atoms with Crippen LogP contribution in [-0.2, 0) is 0 Å². The summed E-state index contributed by atoms with van der Waals surface area (Å²) < 4.78 is 15.5. The number of rotatable bonds is 10. The molecule has 0 bridgehead atoms. The Morgan fingerprint density at radius 1 is 0.776 bits per heavy atom. The molecular formula is C35H51Cl2N5O7. The third kappa shape index (κ3) is 18.4. The van der Waals surface area contributed by atoms with Crippen molar-refractivity contribution in [2.75, 3.05) is 60.7 Å². The molecule has 2 atom stereocenters. The van der Waals surface area contributed by atoms with E-state index < -0.39 is 11.1 Å². The number of amides is 1. The number of carbonyl (C=O) groups excluding carboxylic acids is 2. The lowest BCUT2D eigenvalue weighted by molar-refractivity contribution is -0.384. The van der Waals surface area contributed by atoms with Gasteiger partial charge in [-0.05, 0) is 110 Å². The van der Waals surface area contributed by atoms with E-state index in [4.69, 9.17) is 37.4 Å². The summed E-state index contributed by atoms with van der Waals surface area (Å²) in [5.41, 5.74) is 2.05. The Kier molecular flexibility index (Phi) is 23.1. The van der Waals surface area contributed by atoms with Gasteiger partial charge in [0.05, 0.1) is 10.3 Å². The van der Waals surface area contributed by atoms with Gasteiger partial charge in [-0.2, -0.15) is 0 Å². The second-order valence-electron chi connectivity index (χ2n) is 10.8. The van der Waals surface area contributed by atoms with Crippen LogP contribution in [0.2, 0.25) is 0 Å². The van der Waals surface area contributed by atoms with E-state index in [0.717, 1.165) is 17.7 Å². The number of ether oxygens (including phenoxy) is 3. The first kappa shape index (κ1) is 45.1. The minimum atomic E-state index is -0.904. The highest BCUT2D eigenvalue weighted by molar-refractivity contribution is 6.40. The summed E-state index contributed by atoms with van der Waals surface area (Å²) in [4.78, 5) is 39.2. The highest BCUT2D eigenvalue weighted by Gasteiger charge is 2.14. The summed E-state index contributed by atoms with van der Waals surface area (Å²) in [6, 6.07) is 20.4. The van der Waals surface area contributed by atoms with E-state index in [0.29, 0.717) is 18.0 Å². The van der Waals surface area contributed by atoms with Crippen LogP contribution < -0.4 is 19.5 Å². The lowest BCUT2D eigenvalue weighted by Gasteiger charge is -2.21. The molecule has 1 N–H and O–H groups in total. The van der Waals surface area contributed by atoms with E-state index in [1.165, 1.54) is 29.2 Å². The highest BCUT2D eigenvalue weighted by atomic mass is 35.5. The van der Waals surface area contributed by atoms with Gasteiger partial charge in [0.1, 0.15) is 17.2 Å². The van der Waals surface area contributed by atoms with Crippen LogP contribution >= 0.6 is 23.2 Å². The fourth-order valence-corrected chi connectivity index (χ4v) is 3.43. The number of non-ortho nitro benzene ring substituents is 1. The predicted molar refractivity (Wildman–Crippen MR) is 197 cm³/mol. The van der Waals surface area contributed by atoms with Gasteiger partial charge >= 0.3 is 12.2 Å². The summed E-state index contributed by atoms with van der Waals surface area (Å²) in [5, 5.41) is 13.7. The van der Waals surface area contributed by atoms with E-state index >= 15 is 0 Å². The van der Waals surface area contributed by atoms with Gasteiger partial charge in [0.15, 0.2) is 0 Å². The monoisotopic (exact) mass is 723 g/mol. The fourth-order valence-electron chi connectivity index (χ4n) is 3.43. The molecule has 49 heavy (non-hydrogen) atoms. The Labute approximate surface area is 301 Å². The molecule has 0 aliphatic rings. The van der Waals surface area contributed by atoms with Gasteiger partial charge in [-0.25, -0.2) is 9.59 Å². The molecule has 3 aromatic carbocycles. The van der Waals surface area contributed by atoms with Gasteiger partial charge < -0.3 is 34.2 Å². The number of nitro benzene ring substituents is 1. The number of alkyl halides is 2. The Morgan fingerprint density at radius 3 is 1.55 bits per heavy atom. The van der Waals surface area contributed by atoms with E-state index in [9.17, 15) is 19.7 Å². The summed E-state index contributed by atoms with van der Waals surface area (Å²) in [5.74, 6) is 1.13. The molecule has 12 nitrogen and oxygen atoms in total. The van der Waals surface area contributed by atoms with Crippen LogP contribution in [0.25, 0.3) is 0 Å². The molecule has 0 fully saturated rings. The normalized spacial score (nSPS) is 11.3. The second-order valence-corrected chi connectivity index (χ2v) is 11.6. The maximum absolute atomic E-state index is 11.8. The third-order valence-corrected chi connectivity index (χ3v) is 7.02. The molecule has 0 spiro atoms. The van der Waals surface area contributed by atoms with Gasteiger partial charge in [0.2, 0.25) is 0 Å². The molecule has 1 amide bonds. The first-order valence-electron chi connectivity index (χ1n) is 15.5. The van der Waals surface area contributed by atoms with Crippen molar-refractivity contribution in [2.24, 2.45) is 0 Å². The zero-order chi connectivity index (χ0) is 37.5. The highest BCUT2D eigenvalue weighted by Crippen LogP contribution is 2.24. The zero-order valence-electron chi connectivity index (χ0n) is 30.1. The number of hydrogen-bond donors (Lipinski definition) is 1. The number of nitrogens with zero attached hydrogens (tertiary/aromatic N) is 4. The number of nitro groups is 1. The van der Waals surface area contributed by atoms with Crippen LogP contribution in [0.15, 0.2) is 72.8 Å².